The molecule has 0 radical (unpaired) electrons. The van der Waals surface area contributed by atoms with Crippen LogP contribution < -0.4 is 16.0 Å². The third-order valence-corrected chi connectivity index (χ3v) is 12.4. The number of nitrogens with zero attached hydrogens (tertiary/aromatic N) is 5. The lowest BCUT2D eigenvalue weighted by Crippen LogP contribution is -2.46. The summed E-state index contributed by atoms with van der Waals surface area (Å²) in [5, 5.41) is 46.8. The first-order valence-electron chi connectivity index (χ1n) is 22.2. The summed E-state index contributed by atoms with van der Waals surface area (Å²) in [6, 6.07) is 29.7. The molecule has 71 heavy (non-hydrogen) atoms. The van der Waals surface area contributed by atoms with Gasteiger partial charge in [-0.2, -0.15) is 0 Å². The average Bonchev–Trinajstić information content (AvgIpc) is 4.09. The van der Waals surface area contributed by atoms with Gasteiger partial charge in [0, 0.05) is 25.0 Å². The van der Waals surface area contributed by atoms with Crippen molar-refractivity contribution < 1.29 is 58.5 Å². The van der Waals surface area contributed by atoms with Crippen molar-refractivity contribution in [1.29, 1.82) is 0 Å². The van der Waals surface area contributed by atoms with Gasteiger partial charge in [0.05, 0.1) is 23.2 Å². The third-order valence-electron chi connectivity index (χ3n) is 11.6. The first-order chi connectivity index (χ1) is 33.7. The Morgan fingerprint density at radius 1 is 0.817 bits per heavy atom. The number of nitrogens with one attached hydrogen (secondary N) is 3. The third kappa shape index (κ3) is 9.64. The minimum Gasteiger partial charge on any atom is -0.504 e. The van der Waals surface area contributed by atoms with Gasteiger partial charge in [0.2, 0.25) is 5.60 Å². The number of benzene rings is 4. The summed E-state index contributed by atoms with van der Waals surface area (Å²) >= 11 is 1.15. The zero-order valence-corrected chi connectivity index (χ0v) is 39.8. The molecular weight excluding hydrogens is 937 g/mol. The number of amides is 5. The Bertz CT molecular complexity index is 2890. The minimum absolute atomic E-state index is 0.00749. The fourth-order valence-electron chi connectivity index (χ4n) is 8.25. The van der Waals surface area contributed by atoms with Gasteiger partial charge < -0.3 is 40.8 Å². The number of carbonyl (C=O) groups excluding carboxylic acids is 6. The maximum atomic E-state index is 14.5. The highest BCUT2D eigenvalue weighted by atomic mass is 32.1. The van der Waals surface area contributed by atoms with E-state index in [0.717, 1.165) is 50.1 Å². The number of phenols is 2. The summed E-state index contributed by atoms with van der Waals surface area (Å²) in [4.78, 5) is 105. The molecule has 0 saturated carbocycles. The molecule has 1 atom stereocenters. The first-order valence-corrected chi connectivity index (χ1v) is 23.0. The molecule has 21 heteroatoms. The molecule has 0 aliphatic carbocycles. The molecule has 0 spiro atoms. The maximum absolute atomic E-state index is 14.5. The number of hydrazine groups is 1. The lowest BCUT2D eigenvalue weighted by Gasteiger charge is -2.36. The second-order valence-corrected chi connectivity index (χ2v) is 19.0. The number of phenolic OH excluding ortho intramolecular Hbond substituents is 2. The second kappa shape index (κ2) is 19.2. The number of carboxylic acid groups (broad SMARTS) is 1. The van der Waals surface area contributed by atoms with Crippen molar-refractivity contribution in [3.8, 4) is 11.5 Å². The van der Waals surface area contributed by atoms with Gasteiger partial charge in [-0.25, -0.2) is 24.6 Å². The summed E-state index contributed by atoms with van der Waals surface area (Å²) in [7, 11) is 0. The Morgan fingerprint density at radius 3 is 1.86 bits per heavy atom. The Balaban J connectivity index is 1.04. The lowest BCUT2D eigenvalue weighted by molar-refractivity contribution is -0.179. The molecule has 0 unspecified atom stereocenters. The van der Waals surface area contributed by atoms with E-state index in [1.165, 1.54) is 18.9 Å². The number of carboxylic acids is 1. The largest absolute Gasteiger partial charge is 0.504 e. The Morgan fingerprint density at radius 2 is 1.35 bits per heavy atom. The molecule has 366 valence electrons. The van der Waals surface area contributed by atoms with E-state index < -0.39 is 87.2 Å². The average molecular weight is 985 g/mol. The number of anilines is 1. The zero-order chi connectivity index (χ0) is 51.0. The van der Waals surface area contributed by atoms with E-state index in [1.807, 2.05) is 91.0 Å². The number of hydrogen-bond donors (Lipinski definition) is 6. The minimum atomic E-state index is -1.73. The normalized spacial score (nSPS) is 16.2. The maximum Gasteiger partial charge on any atom is 0.354 e. The number of esters is 1. The quantitative estimate of drug-likeness (QED) is 0.0203. The highest BCUT2D eigenvalue weighted by molar-refractivity contribution is 7.14. The van der Waals surface area contributed by atoms with Gasteiger partial charge in [0.25, 0.3) is 29.5 Å². The van der Waals surface area contributed by atoms with Crippen molar-refractivity contribution >= 4 is 63.7 Å². The number of aliphatic carboxylic acids is 1. The van der Waals surface area contributed by atoms with E-state index in [9.17, 15) is 48.9 Å². The fraction of sp³-hybridized carbons (Fsp3) is 0.260. The molecule has 1 fully saturated rings. The molecule has 0 bridgehead atoms. The van der Waals surface area contributed by atoms with E-state index in [0.29, 0.717) is 5.13 Å². The lowest BCUT2D eigenvalue weighted by atomic mass is 9.77. The van der Waals surface area contributed by atoms with Crippen LogP contribution in [0.4, 0.5) is 5.13 Å². The molecular formula is C50H48N8O12S. The summed E-state index contributed by atoms with van der Waals surface area (Å²) in [6.45, 7) is 6.51. The Kier molecular flexibility index (Phi) is 13.2. The smallest absolute Gasteiger partial charge is 0.354 e. The number of thiazole rings is 1. The first kappa shape index (κ1) is 49.0. The Hall–Kier alpha value is -8.43. The number of rotatable bonds is 16. The molecule has 1 aromatic heterocycles. The molecule has 3 aliphatic rings. The van der Waals surface area contributed by atoms with E-state index in [-0.39, 0.29) is 48.6 Å². The van der Waals surface area contributed by atoms with Crippen LogP contribution in [0.15, 0.2) is 125 Å². The van der Waals surface area contributed by atoms with Crippen LogP contribution in [-0.4, -0.2) is 126 Å². The summed E-state index contributed by atoms with van der Waals surface area (Å²) < 4.78 is 5.54. The van der Waals surface area contributed by atoms with Crippen LogP contribution in [0.25, 0.3) is 0 Å². The number of hydrogen-bond acceptors (Lipinski definition) is 16. The van der Waals surface area contributed by atoms with Crippen molar-refractivity contribution in [3.63, 3.8) is 0 Å². The van der Waals surface area contributed by atoms with Crippen molar-refractivity contribution in [3.05, 3.63) is 153 Å². The van der Waals surface area contributed by atoms with Crippen molar-refractivity contribution in [2.75, 3.05) is 31.5 Å². The van der Waals surface area contributed by atoms with Gasteiger partial charge in [0.1, 0.15) is 22.9 Å². The number of ether oxygens (including phenoxy) is 1. The number of aromatic hydroxyl groups is 2. The van der Waals surface area contributed by atoms with E-state index in [1.54, 1.807) is 26.2 Å². The summed E-state index contributed by atoms with van der Waals surface area (Å²) in [6.07, 6.45) is 0. The molecule has 4 aromatic carbocycles. The van der Waals surface area contributed by atoms with Crippen LogP contribution >= 0.6 is 11.3 Å². The topological polar surface area (TPSA) is 270 Å². The molecule has 20 nitrogen and oxygen atoms in total. The standard InChI is InChI=1S/C50H48N8O12S/c1-48(2,3)69-46(68)49(4,5)70-55-38(35-27-71-47(53-35)54-50(28-15-9-6-10-16-28,29-17-11-7-12-18-29)30-19-13-8-14-20-30)41(62)52-34-26-56-25-33(39(45(66)67)58(56)44(34)65)40(61)51-21-22-57-42(63)31-23-36(59)37(60)24-32(31)43(57)64/h6-20,23-24,27,34,59-60H,21-22,25-26H2,1-5H3,(H,51,61)(H,52,62)(H,53,54)(H,66,67)/b55-38-/t34-/m0/s1. The highest BCUT2D eigenvalue weighted by Gasteiger charge is 2.50. The SMILES string of the molecule is CC(C)(C)OC(=O)C(C)(C)O/N=C(\C(=O)N[C@H]1CN2CC(C(=O)NCCN3C(=O)c4cc(O)c(O)cc4C3=O)=C(C(=O)O)N2C1=O)c1csc(NC(c2ccccc2)(c2ccccc2)c2ccccc2)n1. The number of imide groups is 1. The molecule has 6 N–H and O–H groups in total. The van der Waals surface area contributed by atoms with Crippen LogP contribution in [0.5, 0.6) is 11.5 Å². The van der Waals surface area contributed by atoms with Crippen LogP contribution in [0.3, 0.4) is 0 Å². The molecule has 5 aromatic rings. The van der Waals surface area contributed by atoms with Crippen LogP contribution in [0, 0.1) is 0 Å². The predicted molar refractivity (Wildman–Crippen MR) is 256 cm³/mol. The molecule has 4 heterocycles. The van der Waals surface area contributed by atoms with Crippen molar-refractivity contribution in [2.45, 2.75) is 57.4 Å². The fourth-order valence-corrected chi connectivity index (χ4v) is 9.00. The van der Waals surface area contributed by atoms with Gasteiger partial charge in [0.15, 0.2) is 28.0 Å². The molecule has 1 saturated heterocycles. The summed E-state index contributed by atoms with van der Waals surface area (Å²) in [5.41, 5.74) is -2.73. The van der Waals surface area contributed by atoms with Gasteiger partial charge >= 0.3 is 11.9 Å². The highest BCUT2D eigenvalue weighted by Crippen LogP contribution is 2.41. The molecule has 8 rings (SSSR count). The predicted octanol–water partition coefficient (Wildman–Crippen LogP) is 4.11. The van der Waals surface area contributed by atoms with Gasteiger partial charge in [-0.05, 0) is 63.4 Å². The summed E-state index contributed by atoms with van der Waals surface area (Å²) in [5.74, 6) is -7.94. The zero-order valence-electron chi connectivity index (χ0n) is 39.0. The molecule has 5 amide bonds. The number of oxime groups is 1. The number of aromatic nitrogens is 1. The van der Waals surface area contributed by atoms with Gasteiger partial charge in [-0.1, -0.05) is 96.2 Å². The van der Waals surface area contributed by atoms with E-state index in [2.05, 4.69) is 21.1 Å². The van der Waals surface area contributed by atoms with Gasteiger partial charge in [-0.15, -0.1) is 11.3 Å². The van der Waals surface area contributed by atoms with Gasteiger partial charge in [-0.3, -0.25) is 28.9 Å². The van der Waals surface area contributed by atoms with Crippen LogP contribution in [-0.2, 0) is 39.1 Å². The number of fused-ring (bicyclic) bond motifs is 2. The van der Waals surface area contributed by atoms with Crippen LogP contribution in [0.1, 0.15) is 77.7 Å². The van der Waals surface area contributed by atoms with Crippen molar-refractivity contribution in [1.82, 2.24) is 30.5 Å². The number of carbonyl (C=O) groups is 7. The monoisotopic (exact) mass is 984 g/mol. The van der Waals surface area contributed by atoms with Crippen molar-refractivity contribution in [2.24, 2.45) is 5.16 Å². The van der Waals surface area contributed by atoms with E-state index in [4.69, 9.17) is 14.6 Å². The molecule has 3 aliphatic heterocycles. The Labute approximate surface area is 410 Å². The van der Waals surface area contributed by atoms with Crippen LogP contribution in [0.2, 0.25) is 0 Å². The van der Waals surface area contributed by atoms with E-state index >= 15 is 0 Å². The second-order valence-electron chi connectivity index (χ2n) is 18.1.